The van der Waals surface area contributed by atoms with Crippen molar-refractivity contribution in [3.63, 3.8) is 0 Å². The van der Waals surface area contributed by atoms with Gasteiger partial charge in [-0.1, -0.05) is 17.7 Å². The zero-order valence-electron chi connectivity index (χ0n) is 17.1. The van der Waals surface area contributed by atoms with E-state index in [9.17, 15) is 9.59 Å². The van der Waals surface area contributed by atoms with Gasteiger partial charge in [0.05, 0.1) is 16.3 Å². The summed E-state index contributed by atoms with van der Waals surface area (Å²) >= 11 is 6.31. The fourth-order valence-corrected chi connectivity index (χ4v) is 3.70. The molecule has 3 heterocycles. The van der Waals surface area contributed by atoms with Gasteiger partial charge in [-0.2, -0.15) is 0 Å². The van der Waals surface area contributed by atoms with Crippen LogP contribution in [0.4, 0.5) is 11.5 Å². The number of aromatic nitrogens is 2. The van der Waals surface area contributed by atoms with E-state index in [1.165, 1.54) is 0 Å². The second-order valence-corrected chi connectivity index (χ2v) is 7.67. The molecule has 158 valence electrons. The molecule has 0 atom stereocenters. The van der Waals surface area contributed by atoms with Crippen LogP contribution in [0, 0.1) is 0 Å². The molecule has 2 amide bonds. The highest BCUT2D eigenvalue weighted by atomic mass is 35.5. The molecule has 0 bridgehead atoms. The van der Waals surface area contributed by atoms with Crippen LogP contribution < -0.4 is 10.2 Å². The lowest BCUT2D eigenvalue weighted by Crippen LogP contribution is -2.48. The lowest BCUT2D eigenvalue weighted by Gasteiger charge is -2.34. The molecule has 1 aliphatic heterocycles. The van der Waals surface area contributed by atoms with Gasteiger partial charge in [0, 0.05) is 56.7 Å². The van der Waals surface area contributed by atoms with Crippen LogP contribution in [0.2, 0.25) is 5.02 Å². The molecule has 0 radical (unpaired) electrons. The Balaban J connectivity index is 1.43. The molecule has 1 aromatic carbocycles. The first-order valence-electron chi connectivity index (χ1n) is 10.00. The van der Waals surface area contributed by atoms with Gasteiger partial charge in [-0.15, -0.1) is 0 Å². The van der Waals surface area contributed by atoms with Gasteiger partial charge in [0.15, 0.2) is 0 Å². The topological polar surface area (TPSA) is 78.4 Å². The van der Waals surface area contributed by atoms with E-state index in [-0.39, 0.29) is 11.8 Å². The minimum absolute atomic E-state index is 0.0908. The van der Waals surface area contributed by atoms with Crippen LogP contribution in [0.5, 0.6) is 0 Å². The Hall–Kier alpha value is -3.45. The van der Waals surface area contributed by atoms with E-state index in [0.717, 1.165) is 30.2 Å². The van der Waals surface area contributed by atoms with Crippen LogP contribution >= 0.6 is 11.6 Å². The third-order valence-electron chi connectivity index (χ3n) is 5.22. The van der Waals surface area contributed by atoms with E-state index >= 15 is 0 Å². The van der Waals surface area contributed by atoms with Crippen LogP contribution in [0.25, 0.3) is 11.3 Å². The van der Waals surface area contributed by atoms with Gasteiger partial charge in [-0.05, 0) is 42.5 Å². The quantitative estimate of drug-likeness (QED) is 0.675. The number of nitrogens with one attached hydrogen (secondary N) is 1. The van der Waals surface area contributed by atoms with E-state index < -0.39 is 0 Å². The molecule has 0 unspecified atom stereocenters. The minimum Gasteiger partial charge on any atom is -0.353 e. The largest absolute Gasteiger partial charge is 0.353 e. The van der Waals surface area contributed by atoms with Crippen molar-refractivity contribution in [2.45, 2.75) is 6.92 Å². The monoisotopic (exact) mass is 435 g/mol. The molecule has 1 aliphatic rings. The van der Waals surface area contributed by atoms with Crippen LogP contribution in [0.1, 0.15) is 17.3 Å². The number of carbonyl (C=O) groups excluding carboxylic acids is 2. The van der Waals surface area contributed by atoms with Gasteiger partial charge >= 0.3 is 0 Å². The summed E-state index contributed by atoms with van der Waals surface area (Å²) in [5.41, 5.74) is 2.57. The number of carbonyl (C=O) groups is 2. The molecule has 7 nitrogen and oxygen atoms in total. The molecular weight excluding hydrogens is 414 g/mol. The van der Waals surface area contributed by atoms with Crippen molar-refractivity contribution >= 4 is 34.9 Å². The second-order valence-electron chi connectivity index (χ2n) is 7.26. The Morgan fingerprint density at radius 3 is 2.45 bits per heavy atom. The molecule has 8 heteroatoms. The zero-order chi connectivity index (χ0) is 21.8. The maximum Gasteiger partial charge on any atom is 0.257 e. The Morgan fingerprint density at radius 1 is 1.00 bits per heavy atom. The smallest absolute Gasteiger partial charge is 0.257 e. The normalized spacial score (nSPS) is 13.7. The van der Waals surface area contributed by atoms with Crippen molar-refractivity contribution in [3.05, 3.63) is 71.5 Å². The summed E-state index contributed by atoms with van der Waals surface area (Å²) in [5.74, 6) is 0.631. The number of halogens is 1. The number of nitrogens with zero attached hydrogens (tertiary/aromatic N) is 4. The number of benzene rings is 1. The van der Waals surface area contributed by atoms with Gasteiger partial charge in [0.1, 0.15) is 5.82 Å². The van der Waals surface area contributed by atoms with Gasteiger partial charge in [0.25, 0.3) is 5.91 Å². The average molecular weight is 436 g/mol. The molecule has 0 spiro atoms. The van der Waals surface area contributed by atoms with Crippen LogP contribution in [0.15, 0.2) is 60.9 Å². The van der Waals surface area contributed by atoms with Crippen LogP contribution in [-0.2, 0) is 4.79 Å². The number of amides is 2. The summed E-state index contributed by atoms with van der Waals surface area (Å²) in [5, 5.41) is 3.45. The summed E-state index contributed by atoms with van der Waals surface area (Å²) in [7, 11) is 0. The first-order valence-corrected chi connectivity index (χ1v) is 10.4. The number of rotatable bonds is 4. The molecule has 0 aliphatic carbocycles. The lowest BCUT2D eigenvalue weighted by atomic mass is 10.1. The predicted octanol–water partition coefficient (Wildman–Crippen LogP) is 3.72. The summed E-state index contributed by atoms with van der Waals surface area (Å²) in [6, 6.07) is 14.5. The number of piperazine rings is 1. The van der Waals surface area contributed by atoms with Crippen LogP contribution in [0.3, 0.4) is 0 Å². The van der Waals surface area contributed by atoms with E-state index in [2.05, 4.69) is 20.2 Å². The third kappa shape index (κ3) is 4.83. The maximum atomic E-state index is 12.7. The second kappa shape index (κ2) is 9.14. The number of hydrogen-bond acceptors (Lipinski definition) is 5. The lowest BCUT2D eigenvalue weighted by molar-refractivity contribution is -0.129. The molecule has 1 saturated heterocycles. The van der Waals surface area contributed by atoms with E-state index in [0.29, 0.717) is 29.4 Å². The first-order chi connectivity index (χ1) is 15.0. The third-order valence-corrected chi connectivity index (χ3v) is 5.55. The number of hydrogen-bond donors (Lipinski definition) is 1. The van der Waals surface area contributed by atoms with Gasteiger partial charge in [0.2, 0.25) is 5.91 Å². The summed E-state index contributed by atoms with van der Waals surface area (Å²) in [6.07, 6.45) is 3.27. The molecule has 2 aromatic heterocycles. The van der Waals surface area contributed by atoms with E-state index in [4.69, 9.17) is 11.6 Å². The Morgan fingerprint density at radius 2 is 1.81 bits per heavy atom. The van der Waals surface area contributed by atoms with Crippen molar-refractivity contribution < 1.29 is 9.59 Å². The minimum atomic E-state index is -0.255. The van der Waals surface area contributed by atoms with Crippen molar-refractivity contribution in [3.8, 4) is 11.3 Å². The SMILES string of the molecule is CC(=O)N1CCN(c2ccc(C(=O)Nc3ccc(Cl)c(-c4ccccn4)c3)cn2)CC1. The van der Waals surface area contributed by atoms with Gasteiger partial charge in [-0.25, -0.2) is 4.98 Å². The maximum absolute atomic E-state index is 12.7. The fourth-order valence-electron chi connectivity index (χ4n) is 3.48. The van der Waals surface area contributed by atoms with Crippen molar-refractivity contribution in [2.24, 2.45) is 0 Å². The van der Waals surface area contributed by atoms with E-state index in [1.807, 2.05) is 29.2 Å². The van der Waals surface area contributed by atoms with Gasteiger partial charge < -0.3 is 15.1 Å². The molecule has 4 rings (SSSR count). The number of anilines is 2. The summed E-state index contributed by atoms with van der Waals surface area (Å²) in [6.45, 7) is 4.38. The van der Waals surface area contributed by atoms with Gasteiger partial charge in [-0.3, -0.25) is 14.6 Å². The average Bonchev–Trinajstić information content (AvgIpc) is 2.81. The number of pyridine rings is 2. The molecule has 31 heavy (non-hydrogen) atoms. The Kier molecular flexibility index (Phi) is 6.13. The van der Waals surface area contributed by atoms with Crippen LogP contribution in [-0.4, -0.2) is 52.9 Å². The molecule has 3 aromatic rings. The Labute approximate surface area is 185 Å². The summed E-state index contributed by atoms with van der Waals surface area (Å²) < 4.78 is 0. The van der Waals surface area contributed by atoms with Crippen molar-refractivity contribution in [1.82, 2.24) is 14.9 Å². The van der Waals surface area contributed by atoms with E-state index in [1.54, 1.807) is 43.6 Å². The molecular formula is C23H22ClN5O2. The molecule has 1 N–H and O–H groups in total. The van der Waals surface area contributed by atoms with Crippen molar-refractivity contribution in [1.29, 1.82) is 0 Å². The highest BCUT2D eigenvalue weighted by molar-refractivity contribution is 6.33. The fraction of sp³-hybridized carbons (Fsp3) is 0.217. The standard InChI is InChI=1S/C23H22ClN5O2/c1-16(30)28-10-12-29(13-11-28)22-8-5-17(15-26-22)23(31)27-18-6-7-20(24)19(14-18)21-4-2-3-9-25-21/h2-9,14-15H,10-13H2,1H3,(H,27,31). The highest BCUT2D eigenvalue weighted by Gasteiger charge is 2.20. The highest BCUT2D eigenvalue weighted by Crippen LogP contribution is 2.29. The predicted molar refractivity (Wildman–Crippen MR) is 121 cm³/mol. The summed E-state index contributed by atoms with van der Waals surface area (Å²) in [4.78, 5) is 36.9. The van der Waals surface area contributed by atoms with Crippen molar-refractivity contribution in [2.75, 3.05) is 36.4 Å². The molecule has 0 saturated carbocycles. The first kappa shape index (κ1) is 20.8. The zero-order valence-corrected chi connectivity index (χ0v) is 17.8. The molecule has 1 fully saturated rings. The Bertz CT molecular complexity index is 1080.